The van der Waals surface area contributed by atoms with Crippen molar-refractivity contribution < 1.29 is 17.9 Å². The van der Waals surface area contributed by atoms with Gasteiger partial charge in [0.25, 0.3) is 0 Å². The van der Waals surface area contributed by atoms with Crippen LogP contribution in [-0.4, -0.2) is 29.2 Å². The molecule has 1 rings (SSSR count). The minimum Gasteiger partial charge on any atom is -0.493 e. The summed E-state index contributed by atoms with van der Waals surface area (Å²) in [5.41, 5.74) is 0.587. The average Bonchev–Trinajstić information content (AvgIpc) is 2.35. The van der Waals surface area contributed by atoms with Gasteiger partial charge in [0.2, 0.25) is 10.0 Å². The van der Waals surface area contributed by atoms with E-state index in [0.717, 1.165) is 0 Å². The Morgan fingerprint density at radius 2 is 1.83 bits per heavy atom. The number of hydrogen-bond acceptors (Lipinski definition) is 4. The molecule has 0 radical (unpaired) electrons. The van der Waals surface area contributed by atoms with Crippen LogP contribution < -0.4 is 14.2 Å². The van der Waals surface area contributed by atoms with Crippen LogP contribution in [-0.2, 0) is 10.0 Å². The van der Waals surface area contributed by atoms with Crippen molar-refractivity contribution in [3.63, 3.8) is 0 Å². The zero-order chi connectivity index (χ0) is 13.8. The molecule has 100 valence electrons. The van der Waals surface area contributed by atoms with Gasteiger partial charge in [0.05, 0.1) is 19.1 Å². The van der Waals surface area contributed by atoms with Gasteiger partial charge in [0.15, 0.2) is 11.5 Å². The van der Waals surface area contributed by atoms with Gasteiger partial charge in [-0.2, -0.15) is 0 Å². The highest BCUT2D eigenvalue weighted by Crippen LogP contribution is 2.32. The van der Waals surface area contributed by atoms with Crippen LogP contribution in [0.1, 0.15) is 5.56 Å². The Bertz CT molecular complexity index is 537. The van der Waals surface area contributed by atoms with Gasteiger partial charge in [-0.3, -0.25) is 0 Å². The van der Waals surface area contributed by atoms with Crippen LogP contribution >= 0.6 is 0 Å². The van der Waals surface area contributed by atoms with Crippen molar-refractivity contribution in [3.05, 3.63) is 30.4 Å². The van der Waals surface area contributed by atoms with E-state index in [1.54, 1.807) is 13.0 Å². The van der Waals surface area contributed by atoms with Crippen LogP contribution in [0.25, 0.3) is 0 Å². The Kier molecular flexibility index (Phi) is 4.75. The molecule has 1 aromatic carbocycles. The third kappa shape index (κ3) is 3.02. The summed E-state index contributed by atoms with van der Waals surface area (Å²) in [6.07, 6.45) is 1.48. The summed E-state index contributed by atoms with van der Waals surface area (Å²) in [6, 6.07) is 3.07. The molecule has 1 N–H and O–H groups in total. The third-order valence-corrected chi connectivity index (χ3v) is 3.95. The topological polar surface area (TPSA) is 64.6 Å². The highest BCUT2D eigenvalue weighted by Gasteiger charge is 2.19. The van der Waals surface area contributed by atoms with E-state index in [0.29, 0.717) is 17.1 Å². The van der Waals surface area contributed by atoms with Crippen LogP contribution in [0, 0.1) is 6.92 Å². The van der Waals surface area contributed by atoms with Crippen molar-refractivity contribution in [1.82, 2.24) is 4.72 Å². The smallest absolute Gasteiger partial charge is 0.241 e. The van der Waals surface area contributed by atoms with Gasteiger partial charge in [-0.15, -0.1) is 6.58 Å². The van der Waals surface area contributed by atoms with E-state index >= 15 is 0 Å². The summed E-state index contributed by atoms with van der Waals surface area (Å²) in [7, 11) is -0.607. The first-order valence-electron chi connectivity index (χ1n) is 5.29. The number of nitrogens with one attached hydrogen (secondary N) is 1. The van der Waals surface area contributed by atoms with E-state index in [1.165, 1.54) is 26.4 Å². The Labute approximate surface area is 107 Å². The van der Waals surface area contributed by atoms with Crippen LogP contribution in [0.2, 0.25) is 0 Å². The standard InChI is InChI=1S/C12H17NO4S/c1-5-6-13-18(14,15)12-8-11(17-4)10(16-3)7-9(12)2/h5,7-8,13H,1,6H2,2-4H3. The van der Waals surface area contributed by atoms with E-state index in [-0.39, 0.29) is 11.4 Å². The zero-order valence-corrected chi connectivity index (χ0v) is 11.5. The van der Waals surface area contributed by atoms with Crippen LogP contribution in [0.5, 0.6) is 11.5 Å². The van der Waals surface area contributed by atoms with Crippen LogP contribution in [0.3, 0.4) is 0 Å². The summed E-state index contributed by atoms with van der Waals surface area (Å²) >= 11 is 0. The second kappa shape index (κ2) is 5.88. The zero-order valence-electron chi connectivity index (χ0n) is 10.7. The van der Waals surface area contributed by atoms with Gasteiger partial charge in [-0.1, -0.05) is 6.08 Å². The average molecular weight is 271 g/mol. The van der Waals surface area contributed by atoms with E-state index in [2.05, 4.69) is 11.3 Å². The molecule has 0 bridgehead atoms. The molecule has 1 aromatic rings. The third-order valence-electron chi connectivity index (χ3n) is 2.39. The molecule has 5 nitrogen and oxygen atoms in total. The largest absolute Gasteiger partial charge is 0.493 e. The van der Waals surface area contributed by atoms with Gasteiger partial charge >= 0.3 is 0 Å². The molecule has 0 aliphatic rings. The summed E-state index contributed by atoms with van der Waals surface area (Å²) in [6.45, 7) is 5.34. The molecule has 18 heavy (non-hydrogen) atoms. The molecule has 0 fully saturated rings. The number of benzene rings is 1. The number of aryl methyl sites for hydroxylation is 1. The number of ether oxygens (including phenoxy) is 2. The van der Waals surface area contributed by atoms with Crippen molar-refractivity contribution >= 4 is 10.0 Å². The van der Waals surface area contributed by atoms with E-state index in [9.17, 15) is 8.42 Å². The Morgan fingerprint density at radius 1 is 1.28 bits per heavy atom. The van der Waals surface area contributed by atoms with Crippen molar-refractivity contribution in [2.24, 2.45) is 0 Å². The van der Waals surface area contributed by atoms with E-state index in [1.807, 2.05) is 0 Å². The van der Waals surface area contributed by atoms with Crippen LogP contribution in [0.15, 0.2) is 29.7 Å². The SMILES string of the molecule is C=CCNS(=O)(=O)c1cc(OC)c(OC)cc1C. The van der Waals surface area contributed by atoms with Gasteiger partial charge in [0, 0.05) is 12.6 Å². The first kappa shape index (κ1) is 14.5. The maximum Gasteiger partial charge on any atom is 0.241 e. The second-order valence-electron chi connectivity index (χ2n) is 3.61. The molecule has 0 saturated heterocycles. The molecule has 0 saturated carbocycles. The lowest BCUT2D eigenvalue weighted by Crippen LogP contribution is -2.24. The first-order chi connectivity index (χ1) is 8.46. The second-order valence-corrected chi connectivity index (χ2v) is 5.35. The maximum absolute atomic E-state index is 12.0. The predicted octanol–water partition coefficient (Wildman–Crippen LogP) is 1.48. The fourth-order valence-corrected chi connectivity index (χ4v) is 2.74. The molecule has 0 aliphatic heterocycles. The van der Waals surface area contributed by atoms with Crippen molar-refractivity contribution in [2.75, 3.05) is 20.8 Å². The molecule has 6 heteroatoms. The molecule has 0 heterocycles. The summed E-state index contributed by atoms with van der Waals surface area (Å²) in [4.78, 5) is 0.169. The minimum atomic E-state index is -3.57. The Morgan fingerprint density at radius 3 is 2.33 bits per heavy atom. The number of rotatable bonds is 6. The van der Waals surface area contributed by atoms with Gasteiger partial charge in [-0.05, 0) is 18.6 Å². The van der Waals surface area contributed by atoms with Gasteiger partial charge in [-0.25, -0.2) is 13.1 Å². The fourth-order valence-electron chi connectivity index (χ4n) is 1.50. The lowest BCUT2D eigenvalue weighted by Gasteiger charge is -2.13. The molecule has 0 unspecified atom stereocenters. The number of sulfonamides is 1. The van der Waals surface area contributed by atoms with E-state index in [4.69, 9.17) is 9.47 Å². The quantitative estimate of drug-likeness (QED) is 0.796. The molecule has 0 aliphatic carbocycles. The lowest BCUT2D eigenvalue weighted by molar-refractivity contribution is 0.353. The molecule has 0 amide bonds. The lowest BCUT2D eigenvalue weighted by atomic mass is 10.2. The number of methoxy groups -OCH3 is 2. The van der Waals surface area contributed by atoms with E-state index < -0.39 is 10.0 Å². The first-order valence-corrected chi connectivity index (χ1v) is 6.77. The van der Waals surface area contributed by atoms with Crippen molar-refractivity contribution in [1.29, 1.82) is 0 Å². The molecule has 0 spiro atoms. The van der Waals surface area contributed by atoms with Crippen molar-refractivity contribution in [3.8, 4) is 11.5 Å². The van der Waals surface area contributed by atoms with Gasteiger partial charge < -0.3 is 9.47 Å². The summed E-state index contributed by atoms with van der Waals surface area (Å²) < 4.78 is 36.7. The minimum absolute atomic E-state index is 0.169. The molecular weight excluding hydrogens is 254 g/mol. The monoisotopic (exact) mass is 271 g/mol. The summed E-state index contributed by atoms with van der Waals surface area (Å²) in [5, 5.41) is 0. The maximum atomic E-state index is 12.0. The molecular formula is C12H17NO4S. The predicted molar refractivity (Wildman–Crippen MR) is 69.7 cm³/mol. The highest BCUT2D eigenvalue weighted by molar-refractivity contribution is 7.89. The Balaban J connectivity index is 3.29. The molecule has 0 atom stereocenters. The summed E-state index contributed by atoms with van der Waals surface area (Å²) in [5.74, 6) is 0.875. The normalized spacial score (nSPS) is 11.1. The number of hydrogen-bond donors (Lipinski definition) is 1. The fraction of sp³-hybridized carbons (Fsp3) is 0.333. The molecule has 0 aromatic heterocycles. The Hall–Kier alpha value is -1.53. The van der Waals surface area contributed by atoms with Crippen LogP contribution in [0.4, 0.5) is 0 Å². The highest BCUT2D eigenvalue weighted by atomic mass is 32.2. The van der Waals surface area contributed by atoms with Gasteiger partial charge in [0.1, 0.15) is 0 Å². The van der Waals surface area contributed by atoms with Crippen molar-refractivity contribution in [2.45, 2.75) is 11.8 Å².